The van der Waals surface area contributed by atoms with Gasteiger partial charge in [-0.3, -0.25) is 4.79 Å². The van der Waals surface area contributed by atoms with Crippen molar-refractivity contribution in [3.8, 4) is 11.1 Å². The third-order valence-electron chi connectivity index (χ3n) is 6.93. The molecule has 224 valence electrons. The van der Waals surface area contributed by atoms with Gasteiger partial charge in [-0.25, -0.2) is 14.6 Å². The van der Waals surface area contributed by atoms with Crippen LogP contribution < -0.4 is 11.1 Å². The molecular weight excluding hydrogens is 593 g/mol. The molecule has 1 aliphatic rings. The number of likely N-dealkylation sites (tertiary alicyclic amines) is 1. The summed E-state index contributed by atoms with van der Waals surface area (Å²) in [5, 5.41) is 4.42. The summed E-state index contributed by atoms with van der Waals surface area (Å²) in [6, 6.07) is 13.8. The molecule has 3 heterocycles. The van der Waals surface area contributed by atoms with E-state index in [0.717, 1.165) is 16.5 Å². The molecule has 0 aliphatic carbocycles. The van der Waals surface area contributed by atoms with Gasteiger partial charge in [0.25, 0.3) is 5.91 Å². The van der Waals surface area contributed by atoms with Gasteiger partial charge in [0, 0.05) is 51.4 Å². The highest BCUT2D eigenvalue weighted by atomic mass is 35.5. The van der Waals surface area contributed by atoms with Gasteiger partial charge in [-0.2, -0.15) is 0 Å². The van der Waals surface area contributed by atoms with Crippen LogP contribution >= 0.6 is 23.2 Å². The Morgan fingerprint density at radius 3 is 2.56 bits per heavy atom. The highest BCUT2D eigenvalue weighted by molar-refractivity contribution is 6.36. The molecule has 2 aromatic carbocycles. The molecule has 1 aliphatic heterocycles. The number of halogens is 2. The normalized spacial score (nSPS) is 15.0. The number of pyridine rings is 1. The molecule has 2 aromatic heterocycles. The van der Waals surface area contributed by atoms with Crippen LogP contribution in [-0.2, 0) is 16.1 Å². The van der Waals surface area contributed by atoms with Gasteiger partial charge in [0.15, 0.2) is 0 Å². The van der Waals surface area contributed by atoms with Gasteiger partial charge in [0.2, 0.25) is 0 Å². The second kappa shape index (κ2) is 12.1. The maximum atomic E-state index is 13.3. The minimum atomic E-state index is -0.663. The molecular formula is C31H31Cl2N5O5. The number of H-pyrrole nitrogens is 1. The van der Waals surface area contributed by atoms with Gasteiger partial charge < -0.3 is 30.4 Å². The van der Waals surface area contributed by atoms with Crippen molar-refractivity contribution in [3.63, 3.8) is 0 Å². The van der Waals surface area contributed by atoms with Crippen molar-refractivity contribution < 1.29 is 23.9 Å². The lowest BCUT2D eigenvalue weighted by atomic mass is 10.0. The van der Waals surface area contributed by atoms with Gasteiger partial charge in [-0.1, -0.05) is 35.3 Å². The van der Waals surface area contributed by atoms with Crippen LogP contribution in [0.2, 0.25) is 10.0 Å². The minimum absolute atomic E-state index is 0.0275. The van der Waals surface area contributed by atoms with Crippen molar-refractivity contribution in [2.45, 2.75) is 45.4 Å². The Morgan fingerprint density at radius 1 is 1.09 bits per heavy atom. The molecule has 0 unspecified atom stereocenters. The van der Waals surface area contributed by atoms with Gasteiger partial charge in [-0.15, -0.1) is 0 Å². The second-order valence-corrected chi connectivity index (χ2v) is 12.1. The quantitative estimate of drug-likeness (QED) is 0.217. The summed E-state index contributed by atoms with van der Waals surface area (Å²) in [7, 11) is 0. The van der Waals surface area contributed by atoms with Crippen LogP contribution in [0.15, 0.2) is 54.7 Å². The van der Waals surface area contributed by atoms with E-state index in [2.05, 4.69) is 15.3 Å². The highest BCUT2D eigenvalue weighted by Crippen LogP contribution is 2.29. The average molecular weight is 625 g/mol. The Balaban J connectivity index is 1.28. The van der Waals surface area contributed by atoms with Crippen molar-refractivity contribution in [1.29, 1.82) is 0 Å². The molecule has 12 heteroatoms. The van der Waals surface area contributed by atoms with E-state index >= 15 is 0 Å². The number of carbonyl (C=O) groups excluding carboxylic acids is 3. The molecule has 10 nitrogen and oxygen atoms in total. The zero-order valence-corrected chi connectivity index (χ0v) is 25.4. The molecule has 5 rings (SSSR count). The number of hydrogen-bond acceptors (Lipinski definition) is 7. The Kier molecular flexibility index (Phi) is 8.52. The van der Waals surface area contributed by atoms with E-state index < -0.39 is 17.7 Å². The van der Waals surface area contributed by atoms with Crippen molar-refractivity contribution in [2.75, 3.05) is 18.8 Å². The number of anilines is 1. The first-order valence-corrected chi connectivity index (χ1v) is 14.4. The number of nitrogen functional groups attached to an aromatic ring is 1. The standard InChI is InChI=1S/C31H31Cl2N5O5/c1-31(2,3)43-30(41)36-20-9-10-38(15-20)28(39)26-13-18-11-17(7-8-25(18)37-26)19-12-21(27(34)35-14-19)29(40)42-16-22-23(32)5-4-6-24(22)33/h4-8,11-14,20,37H,9-10,15-16H2,1-3H3,(H2,34,35)(H,36,41)/t20-/m0/s1. The van der Waals surface area contributed by atoms with Crippen LogP contribution in [0.3, 0.4) is 0 Å². The number of rotatable bonds is 6. The van der Waals surface area contributed by atoms with Crippen LogP contribution in [0.4, 0.5) is 10.6 Å². The Morgan fingerprint density at radius 2 is 1.84 bits per heavy atom. The largest absolute Gasteiger partial charge is 0.457 e. The predicted molar refractivity (Wildman–Crippen MR) is 165 cm³/mol. The van der Waals surface area contributed by atoms with E-state index in [0.29, 0.717) is 46.4 Å². The predicted octanol–water partition coefficient (Wildman–Crippen LogP) is 6.22. The van der Waals surface area contributed by atoms with Crippen molar-refractivity contribution in [3.05, 3.63) is 81.6 Å². The molecule has 4 N–H and O–H groups in total. The first-order valence-electron chi connectivity index (χ1n) is 13.7. The van der Waals surface area contributed by atoms with Crippen molar-refractivity contribution in [2.24, 2.45) is 0 Å². The Labute approximate surface area is 258 Å². The number of esters is 1. The summed E-state index contributed by atoms with van der Waals surface area (Å²) in [5.41, 5.74) is 8.63. The number of benzene rings is 2. The van der Waals surface area contributed by atoms with E-state index in [4.69, 9.17) is 38.4 Å². The molecule has 0 saturated carbocycles. The number of carbonyl (C=O) groups is 3. The third-order valence-corrected chi connectivity index (χ3v) is 7.64. The third kappa shape index (κ3) is 7.03. The molecule has 4 aromatic rings. The van der Waals surface area contributed by atoms with Crippen LogP contribution in [-0.4, -0.2) is 57.6 Å². The number of aromatic nitrogens is 2. The molecule has 1 fully saturated rings. The number of aromatic amines is 1. The van der Waals surface area contributed by atoms with E-state index in [9.17, 15) is 14.4 Å². The van der Waals surface area contributed by atoms with Gasteiger partial charge >= 0.3 is 12.1 Å². The zero-order chi connectivity index (χ0) is 30.9. The summed E-state index contributed by atoms with van der Waals surface area (Å²) in [4.78, 5) is 47.4. The molecule has 43 heavy (non-hydrogen) atoms. The zero-order valence-electron chi connectivity index (χ0n) is 23.9. The van der Waals surface area contributed by atoms with Crippen LogP contribution in [0.25, 0.3) is 22.0 Å². The molecule has 0 bridgehead atoms. The molecule has 0 spiro atoms. The van der Waals surface area contributed by atoms with Crippen molar-refractivity contribution >= 4 is 57.9 Å². The lowest BCUT2D eigenvalue weighted by Crippen LogP contribution is -2.41. The van der Waals surface area contributed by atoms with Gasteiger partial charge in [0.05, 0.1) is 6.04 Å². The van der Waals surface area contributed by atoms with E-state index in [1.54, 1.807) is 62.2 Å². The first-order chi connectivity index (χ1) is 20.4. The average Bonchev–Trinajstić information content (AvgIpc) is 3.58. The molecule has 0 radical (unpaired) electrons. The molecule has 1 saturated heterocycles. The number of nitrogens with two attached hydrogens (primary N) is 1. The number of hydrogen-bond donors (Lipinski definition) is 3. The maximum absolute atomic E-state index is 13.3. The van der Waals surface area contributed by atoms with Gasteiger partial charge in [0.1, 0.15) is 29.3 Å². The summed E-state index contributed by atoms with van der Waals surface area (Å²) in [5.74, 6) is -0.799. The maximum Gasteiger partial charge on any atom is 0.407 e. The molecule has 1 atom stereocenters. The number of nitrogens with zero attached hydrogens (tertiary/aromatic N) is 2. The number of nitrogens with one attached hydrogen (secondary N) is 2. The Hall–Kier alpha value is -4.28. The second-order valence-electron chi connectivity index (χ2n) is 11.3. The van der Waals surface area contributed by atoms with Crippen LogP contribution in [0, 0.1) is 0 Å². The van der Waals surface area contributed by atoms with E-state index in [1.807, 2.05) is 18.2 Å². The number of amides is 2. The van der Waals surface area contributed by atoms with E-state index in [1.165, 1.54) is 0 Å². The monoisotopic (exact) mass is 623 g/mol. The first kappa shape index (κ1) is 30.2. The fourth-order valence-corrected chi connectivity index (χ4v) is 5.32. The fraction of sp³-hybridized carbons (Fsp3) is 0.290. The van der Waals surface area contributed by atoms with Crippen molar-refractivity contribution in [1.82, 2.24) is 20.2 Å². The molecule has 2 amide bonds. The lowest BCUT2D eigenvalue weighted by molar-refractivity contribution is 0.0471. The smallest absolute Gasteiger partial charge is 0.407 e. The lowest BCUT2D eigenvalue weighted by Gasteiger charge is -2.22. The summed E-state index contributed by atoms with van der Waals surface area (Å²) < 4.78 is 10.8. The summed E-state index contributed by atoms with van der Waals surface area (Å²) in [6.07, 6.45) is 1.71. The number of fused-ring (bicyclic) bond motifs is 1. The highest BCUT2D eigenvalue weighted by Gasteiger charge is 2.30. The van der Waals surface area contributed by atoms with Crippen LogP contribution in [0.5, 0.6) is 0 Å². The number of alkyl carbamates (subject to hydrolysis) is 1. The fourth-order valence-electron chi connectivity index (χ4n) is 4.82. The van der Waals surface area contributed by atoms with Crippen LogP contribution in [0.1, 0.15) is 53.6 Å². The Bertz CT molecular complexity index is 1690. The topological polar surface area (TPSA) is 140 Å². The summed E-state index contributed by atoms with van der Waals surface area (Å²) >= 11 is 12.4. The van der Waals surface area contributed by atoms with E-state index in [-0.39, 0.29) is 29.9 Å². The summed E-state index contributed by atoms with van der Waals surface area (Å²) in [6.45, 7) is 6.18. The minimum Gasteiger partial charge on any atom is -0.457 e. The SMILES string of the molecule is CC(C)(C)OC(=O)N[C@H]1CCN(C(=O)c2cc3cc(-c4cnc(N)c(C(=O)OCc5c(Cl)cccc5Cl)c4)ccc3[nH]2)C1. The van der Waals surface area contributed by atoms with Gasteiger partial charge in [-0.05, 0) is 69.2 Å². The number of ether oxygens (including phenoxy) is 2.